The van der Waals surface area contributed by atoms with Gasteiger partial charge in [-0.05, 0) is 31.0 Å². The Labute approximate surface area is 108 Å². The van der Waals surface area contributed by atoms with E-state index >= 15 is 0 Å². The second-order valence-electron chi connectivity index (χ2n) is 4.23. The van der Waals surface area contributed by atoms with Crippen LogP contribution >= 0.6 is 0 Å². The zero-order valence-electron chi connectivity index (χ0n) is 10.9. The maximum absolute atomic E-state index is 5.61. The van der Waals surface area contributed by atoms with Crippen molar-refractivity contribution in [1.82, 2.24) is 14.8 Å². The molecule has 0 saturated heterocycles. The highest BCUT2D eigenvalue weighted by atomic mass is 16.5. The molecule has 0 aliphatic rings. The van der Waals surface area contributed by atoms with Crippen LogP contribution in [0.3, 0.4) is 0 Å². The van der Waals surface area contributed by atoms with Gasteiger partial charge >= 0.3 is 0 Å². The van der Waals surface area contributed by atoms with Crippen LogP contribution in [0.5, 0.6) is 5.75 Å². The van der Waals surface area contributed by atoms with E-state index in [-0.39, 0.29) is 0 Å². The number of hydrogen-bond donors (Lipinski definition) is 0. The molecule has 0 N–H and O–H groups in total. The fourth-order valence-electron chi connectivity index (χ4n) is 1.91. The SMILES string of the molecule is CCC(CC)n1ccc(COc2cccnc2)n1. The maximum Gasteiger partial charge on any atom is 0.138 e. The predicted molar refractivity (Wildman–Crippen MR) is 70.4 cm³/mol. The minimum absolute atomic E-state index is 0.483. The topological polar surface area (TPSA) is 39.9 Å². The first-order chi connectivity index (χ1) is 8.83. The first-order valence-corrected chi connectivity index (χ1v) is 6.40. The molecule has 0 atom stereocenters. The quantitative estimate of drug-likeness (QED) is 0.784. The van der Waals surface area contributed by atoms with Crippen molar-refractivity contribution < 1.29 is 4.74 Å². The van der Waals surface area contributed by atoms with Gasteiger partial charge in [0.05, 0.1) is 17.9 Å². The molecule has 2 rings (SSSR count). The van der Waals surface area contributed by atoms with Gasteiger partial charge in [-0.3, -0.25) is 9.67 Å². The van der Waals surface area contributed by atoms with E-state index in [1.165, 1.54) is 0 Å². The maximum atomic E-state index is 5.61. The Morgan fingerprint density at radius 2 is 2.11 bits per heavy atom. The molecule has 0 radical (unpaired) electrons. The van der Waals surface area contributed by atoms with E-state index in [1.807, 2.05) is 29.1 Å². The van der Waals surface area contributed by atoms with Crippen molar-refractivity contribution in [1.29, 1.82) is 0 Å². The molecule has 0 bridgehead atoms. The monoisotopic (exact) mass is 245 g/mol. The first kappa shape index (κ1) is 12.6. The summed E-state index contributed by atoms with van der Waals surface area (Å²) >= 11 is 0. The van der Waals surface area contributed by atoms with Crippen molar-refractivity contribution in [3.8, 4) is 5.75 Å². The highest BCUT2D eigenvalue weighted by Gasteiger charge is 2.08. The zero-order valence-corrected chi connectivity index (χ0v) is 10.9. The molecule has 2 heterocycles. The van der Waals surface area contributed by atoms with E-state index in [2.05, 4.69) is 23.9 Å². The van der Waals surface area contributed by atoms with E-state index in [9.17, 15) is 0 Å². The van der Waals surface area contributed by atoms with Crippen molar-refractivity contribution in [3.63, 3.8) is 0 Å². The van der Waals surface area contributed by atoms with Crippen LogP contribution in [-0.2, 0) is 6.61 Å². The molecule has 2 aromatic rings. The van der Waals surface area contributed by atoms with E-state index < -0.39 is 0 Å². The molecule has 0 aromatic carbocycles. The van der Waals surface area contributed by atoms with Crippen molar-refractivity contribution in [2.45, 2.75) is 39.3 Å². The molecule has 0 spiro atoms. The van der Waals surface area contributed by atoms with Crippen LogP contribution in [0.25, 0.3) is 0 Å². The number of pyridine rings is 1. The minimum atomic E-state index is 0.483. The second-order valence-corrected chi connectivity index (χ2v) is 4.23. The lowest BCUT2D eigenvalue weighted by molar-refractivity contribution is 0.296. The van der Waals surface area contributed by atoms with Crippen molar-refractivity contribution in [3.05, 3.63) is 42.5 Å². The summed E-state index contributed by atoms with van der Waals surface area (Å²) in [6.07, 6.45) is 7.66. The summed E-state index contributed by atoms with van der Waals surface area (Å²) in [7, 11) is 0. The summed E-state index contributed by atoms with van der Waals surface area (Å²) in [5.74, 6) is 0.773. The number of rotatable bonds is 6. The van der Waals surface area contributed by atoms with E-state index in [0.717, 1.165) is 24.3 Å². The normalized spacial score (nSPS) is 10.8. The molecule has 18 heavy (non-hydrogen) atoms. The zero-order chi connectivity index (χ0) is 12.8. The molecule has 0 amide bonds. The van der Waals surface area contributed by atoms with E-state index in [4.69, 9.17) is 4.74 Å². The average molecular weight is 245 g/mol. The predicted octanol–water partition coefficient (Wildman–Crippen LogP) is 3.22. The number of hydrogen-bond acceptors (Lipinski definition) is 3. The molecule has 0 fully saturated rings. The van der Waals surface area contributed by atoms with Crippen LogP contribution in [0.4, 0.5) is 0 Å². The average Bonchev–Trinajstić information content (AvgIpc) is 2.88. The smallest absolute Gasteiger partial charge is 0.138 e. The van der Waals surface area contributed by atoms with Crippen LogP contribution in [0.1, 0.15) is 38.4 Å². The van der Waals surface area contributed by atoms with Gasteiger partial charge in [0.1, 0.15) is 12.4 Å². The lowest BCUT2D eigenvalue weighted by Crippen LogP contribution is -2.08. The molecule has 96 valence electrons. The van der Waals surface area contributed by atoms with Gasteiger partial charge in [-0.2, -0.15) is 5.10 Å². The van der Waals surface area contributed by atoms with E-state index in [1.54, 1.807) is 12.4 Å². The van der Waals surface area contributed by atoms with E-state index in [0.29, 0.717) is 12.6 Å². The molecule has 0 saturated carbocycles. The Morgan fingerprint density at radius 1 is 1.28 bits per heavy atom. The molecule has 0 aliphatic carbocycles. The van der Waals surface area contributed by atoms with Gasteiger partial charge in [-0.15, -0.1) is 0 Å². The van der Waals surface area contributed by atoms with Gasteiger partial charge < -0.3 is 4.74 Å². The Hall–Kier alpha value is -1.84. The third kappa shape index (κ3) is 3.09. The third-order valence-corrected chi connectivity index (χ3v) is 3.00. The van der Waals surface area contributed by atoms with Crippen molar-refractivity contribution in [2.24, 2.45) is 0 Å². The van der Waals surface area contributed by atoms with Gasteiger partial charge in [-0.1, -0.05) is 13.8 Å². The lowest BCUT2D eigenvalue weighted by atomic mass is 10.2. The molecule has 2 aromatic heterocycles. The Morgan fingerprint density at radius 3 is 2.78 bits per heavy atom. The second kappa shape index (κ2) is 6.19. The summed E-state index contributed by atoms with van der Waals surface area (Å²) in [6, 6.07) is 6.25. The largest absolute Gasteiger partial charge is 0.486 e. The van der Waals surface area contributed by atoms with Crippen LogP contribution in [0, 0.1) is 0 Å². The minimum Gasteiger partial charge on any atom is -0.486 e. The Kier molecular flexibility index (Phi) is 4.34. The van der Waals surface area contributed by atoms with Crippen molar-refractivity contribution in [2.75, 3.05) is 0 Å². The summed E-state index contributed by atoms with van der Waals surface area (Å²) in [5.41, 5.74) is 0.950. The molecule has 0 unspecified atom stereocenters. The third-order valence-electron chi connectivity index (χ3n) is 3.00. The van der Waals surface area contributed by atoms with Crippen LogP contribution in [0.2, 0.25) is 0 Å². The number of nitrogens with zero attached hydrogens (tertiary/aromatic N) is 3. The fraction of sp³-hybridized carbons (Fsp3) is 0.429. The molecule has 0 aliphatic heterocycles. The standard InChI is InChI=1S/C14H19N3O/c1-3-13(4-2)17-9-7-12(16-17)11-18-14-6-5-8-15-10-14/h5-10,13H,3-4,11H2,1-2H3. The highest BCUT2D eigenvalue weighted by molar-refractivity contribution is 5.15. The summed E-state index contributed by atoms with van der Waals surface area (Å²) < 4.78 is 7.64. The summed E-state index contributed by atoms with van der Waals surface area (Å²) in [4.78, 5) is 4.01. The Bertz CT molecular complexity index is 463. The van der Waals surface area contributed by atoms with Gasteiger partial charge in [0.15, 0.2) is 0 Å². The molecule has 4 heteroatoms. The molecule has 4 nitrogen and oxygen atoms in total. The summed E-state index contributed by atoms with van der Waals surface area (Å²) in [6.45, 7) is 4.85. The first-order valence-electron chi connectivity index (χ1n) is 6.40. The van der Waals surface area contributed by atoms with Crippen LogP contribution < -0.4 is 4.74 Å². The van der Waals surface area contributed by atoms with Crippen molar-refractivity contribution >= 4 is 0 Å². The summed E-state index contributed by atoms with van der Waals surface area (Å²) in [5, 5.41) is 4.54. The number of ether oxygens (including phenoxy) is 1. The number of aromatic nitrogens is 3. The molecular weight excluding hydrogens is 226 g/mol. The van der Waals surface area contributed by atoms with Gasteiger partial charge in [0.2, 0.25) is 0 Å². The Balaban J connectivity index is 1.95. The fourth-order valence-corrected chi connectivity index (χ4v) is 1.91. The van der Waals surface area contributed by atoms with Crippen LogP contribution in [0.15, 0.2) is 36.8 Å². The highest BCUT2D eigenvalue weighted by Crippen LogP contribution is 2.15. The van der Waals surface area contributed by atoms with Gasteiger partial charge in [0.25, 0.3) is 0 Å². The van der Waals surface area contributed by atoms with Gasteiger partial charge in [-0.25, -0.2) is 0 Å². The molecular formula is C14H19N3O. The van der Waals surface area contributed by atoms with Gasteiger partial charge in [0, 0.05) is 12.4 Å². The van der Waals surface area contributed by atoms with Crippen LogP contribution in [-0.4, -0.2) is 14.8 Å². The lowest BCUT2D eigenvalue weighted by Gasteiger charge is -2.12.